The third kappa shape index (κ3) is 9.00. The molecule has 19 unspecified atom stereocenters. The molecule has 0 radical (unpaired) electrons. The van der Waals surface area contributed by atoms with Crippen LogP contribution in [0, 0.1) is 0 Å². The lowest BCUT2D eigenvalue weighted by atomic mass is 9.98. The van der Waals surface area contributed by atoms with Crippen LogP contribution in [0.2, 0.25) is 0 Å². The van der Waals surface area contributed by atoms with Crippen LogP contribution in [0.5, 0.6) is 0 Å². The van der Waals surface area contributed by atoms with Gasteiger partial charge in [0.1, 0.15) is 97.7 Å². The third-order valence-corrected chi connectivity index (χ3v) is 7.79. The molecule has 19 atom stereocenters. The Hall–Kier alpha value is -0.840. The summed E-state index contributed by atoms with van der Waals surface area (Å²) in [6, 6.07) is 0. The van der Waals surface area contributed by atoms with E-state index < -0.39 is 150 Å². The lowest BCUT2D eigenvalue weighted by Gasteiger charge is -2.42. The molecule has 3 saturated heterocycles. The van der Waals surface area contributed by atoms with Crippen molar-refractivity contribution >= 4 is 0 Å². The Morgan fingerprint density at radius 1 is 0.422 bits per heavy atom. The summed E-state index contributed by atoms with van der Waals surface area (Å²) in [6.45, 7) is -3.86. The summed E-state index contributed by atoms with van der Waals surface area (Å²) < 4.78 is 31.2. The van der Waals surface area contributed by atoms with Crippen molar-refractivity contribution < 1.29 is 105 Å². The zero-order valence-corrected chi connectivity index (χ0v) is 23.7. The zero-order chi connectivity index (χ0) is 33.7. The highest BCUT2D eigenvalue weighted by atomic mass is 16.7. The van der Waals surface area contributed by atoms with Crippen molar-refractivity contribution in [3.05, 3.63) is 0 Å². The molecule has 21 heteroatoms. The number of rotatable bonds is 14. The van der Waals surface area contributed by atoms with Crippen molar-refractivity contribution in [3.8, 4) is 0 Å². The molecule has 3 aliphatic heterocycles. The second-order valence-electron chi connectivity index (χ2n) is 11.0. The van der Waals surface area contributed by atoms with E-state index in [2.05, 4.69) is 0 Å². The maximum absolute atomic E-state index is 10.3. The van der Waals surface area contributed by atoms with Crippen LogP contribution < -0.4 is 0 Å². The van der Waals surface area contributed by atoms with E-state index in [1.165, 1.54) is 0 Å². The highest BCUT2D eigenvalue weighted by molar-refractivity contribution is 4.92. The van der Waals surface area contributed by atoms with E-state index in [1.54, 1.807) is 0 Å². The average molecular weight is 669 g/mol. The van der Waals surface area contributed by atoms with Crippen molar-refractivity contribution in [1.29, 1.82) is 0 Å². The molecular formula is C24H44O21. The van der Waals surface area contributed by atoms with E-state index in [-0.39, 0.29) is 0 Å². The van der Waals surface area contributed by atoms with Crippen molar-refractivity contribution in [2.24, 2.45) is 0 Å². The Balaban J connectivity index is 1.50. The minimum absolute atomic E-state index is 0.655. The Bertz CT molecular complexity index is 869. The monoisotopic (exact) mass is 668 g/mol. The first-order valence-electron chi connectivity index (χ1n) is 14.0. The molecule has 0 aliphatic carbocycles. The Morgan fingerprint density at radius 3 is 1.09 bits per heavy atom. The van der Waals surface area contributed by atoms with Crippen molar-refractivity contribution in [1.82, 2.24) is 0 Å². The lowest BCUT2D eigenvalue weighted by Crippen LogP contribution is -2.62. The molecule has 21 nitrogen and oxygen atoms in total. The molecule has 3 aliphatic rings. The molecule has 3 heterocycles. The van der Waals surface area contributed by atoms with Gasteiger partial charge in [-0.1, -0.05) is 0 Å². The molecule has 0 spiro atoms. The van der Waals surface area contributed by atoms with Crippen LogP contribution in [0.4, 0.5) is 0 Å². The first kappa shape index (κ1) is 38.6. The minimum atomic E-state index is -2.13. The molecule has 0 saturated carbocycles. The van der Waals surface area contributed by atoms with Crippen LogP contribution >= 0.6 is 0 Å². The van der Waals surface area contributed by atoms with Crippen LogP contribution in [0.15, 0.2) is 0 Å². The Morgan fingerprint density at radius 2 is 0.733 bits per heavy atom. The van der Waals surface area contributed by atoms with Crippen LogP contribution in [-0.4, -0.2) is 226 Å². The average Bonchev–Trinajstić information content (AvgIpc) is 3.03. The van der Waals surface area contributed by atoms with E-state index in [9.17, 15) is 76.6 Å². The van der Waals surface area contributed by atoms with Crippen LogP contribution in [0.25, 0.3) is 0 Å². The second-order valence-corrected chi connectivity index (χ2v) is 11.0. The van der Waals surface area contributed by atoms with Gasteiger partial charge in [0.05, 0.1) is 33.0 Å². The largest absolute Gasteiger partial charge is 0.394 e. The molecule has 0 aromatic rings. The van der Waals surface area contributed by atoms with E-state index in [0.717, 1.165) is 0 Å². The molecule has 15 N–H and O–H groups in total. The number of aliphatic hydroxyl groups is 15. The van der Waals surface area contributed by atoms with Crippen molar-refractivity contribution in [3.63, 3.8) is 0 Å². The molecule has 0 bridgehead atoms. The summed E-state index contributed by atoms with van der Waals surface area (Å²) >= 11 is 0. The first-order valence-corrected chi connectivity index (χ1v) is 14.0. The van der Waals surface area contributed by atoms with E-state index in [0.29, 0.717) is 0 Å². The number of hydrogen-bond acceptors (Lipinski definition) is 21. The van der Waals surface area contributed by atoms with Gasteiger partial charge in [-0.2, -0.15) is 0 Å². The number of aliphatic hydroxyl groups excluding tert-OH is 15. The first-order chi connectivity index (χ1) is 21.1. The van der Waals surface area contributed by atoms with Gasteiger partial charge in [0.25, 0.3) is 0 Å². The zero-order valence-electron chi connectivity index (χ0n) is 23.7. The molecule has 0 amide bonds. The Kier molecular flexibility index (Phi) is 14.6. The molecule has 45 heavy (non-hydrogen) atoms. The SMILES string of the molecule is OCC1OC(OCC(O)C(O)C(O)C(O)COC2OC(COC3OC(CO)C(O)C(O)C3O)C(O)C(O)C2O)C(O)C(O)C1O. The quantitative estimate of drug-likeness (QED) is 0.0816. The van der Waals surface area contributed by atoms with Gasteiger partial charge < -0.3 is 105 Å². The predicted molar refractivity (Wildman–Crippen MR) is 136 cm³/mol. The second kappa shape index (κ2) is 17.0. The van der Waals surface area contributed by atoms with Gasteiger partial charge in [-0.25, -0.2) is 0 Å². The summed E-state index contributed by atoms with van der Waals surface area (Å²) in [5, 5.41) is 150. The topological polar surface area (TPSA) is 359 Å². The number of hydrogen-bond donors (Lipinski definition) is 15. The standard InChI is InChI=1S/C24H44O21/c25-1-8-13(31)16(34)19(37)22(43-8)40-3-6(27)11(29)12(30)7(28)4-41-23-21(39)18(36)15(33)10(45-23)5-42-24-20(38)17(35)14(32)9(2-26)44-24/h6-39H,1-5H2. The summed E-state index contributed by atoms with van der Waals surface area (Å²) in [5.41, 5.74) is 0. The molecule has 0 aromatic carbocycles. The van der Waals surface area contributed by atoms with Gasteiger partial charge in [0, 0.05) is 0 Å². The molecule has 3 rings (SSSR count). The molecule has 3 fully saturated rings. The summed E-state index contributed by atoms with van der Waals surface area (Å²) in [5.74, 6) is 0. The van der Waals surface area contributed by atoms with E-state index >= 15 is 0 Å². The fraction of sp³-hybridized carbons (Fsp3) is 1.00. The minimum Gasteiger partial charge on any atom is -0.394 e. The maximum atomic E-state index is 10.3. The van der Waals surface area contributed by atoms with Gasteiger partial charge in [-0.15, -0.1) is 0 Å². The summed E-state index contributed by atoms with van der Waals surface area (Å²) in [7, 11) is 0. The lowest BCUT2D eigenvalue weighted by molar-refractivity contribution is -0.333. The third-order valence-electron chi connectivity index (χ3n) is 7.79. The molecule has 0 aromatic heterocycles. The van der Waals surface area contributed by atoms with Crippen LogP contribution in [-0.2, 0) is 28.4 Å². The maximum Gasteiger partial charge on any atom is 0.186 e. The van der Waals surface area contributed by atoms with Gasteiger partial charge >= 0.3 is 0 Å². The van der Waals surface area contributed by atoms with Crippen LogP contribution in [0.1, 0.15) is 0 Å². The van der Waals surface area contributed by atoms with Gasteiger partial charge in [0.15, 0.2) is 18.9 Å². The molecular weight excluding hydrogens is 624 g/mol. The number of ether oxygens (including phenoxy) is 6. The fourth-order valence-corrected chi connectivity index (χ4v) is 4.83. The normalized spacial score (nSPS) is 45.5. The van der Waals surface area contributed by atoms with Crippen LogP contribution in [0.3, 0.4) is 0 Å². The predicted octanol–water partition coefficient (Wildman–Crippen LogP) is -10.1. The molecule has 266 valence electrons. The summed E-state index contributed by atoms with van der Waals surface area (Å²) in [6.07, 6.45) is -33.3. The van der Waals surface area contributed by atoms with Gasteiger partial charge in [0.2, 0.25) is 0 Å². The van der Waals surface area contributed by atoms with E-state index in [4.69, 9.17) is 28.4 Å². The highest BCUT2D eigenvalue weighted by Gasteiger charge is 2.48. The van der Waals surface area contributed by atoms with Crippen molar-refractivity contribution in [2.75, 3.05) is 33.0 Å². The van der Waals surface area contributed by atoms with Gasteiger partial charge in [-0.05, 0) is 0 Å². The highest BCUT2D eigenvalue weighted by Crippen LogP contribution is 2.27. The van der Waals surface area contributed by atoms with Gasteiger partial charge in [-0.3, -0.25) is 0 Å². The smallest absolute Gasteiger partial charge is 0.186 e. The summed E-state index contributed by atoms with van der Waals surface area (Å²) in [4.78, 5) is 0. The fourth-order valence-electron chi connectivity index (χ4n) is 4.83. The van der Waals surface area contributed by atoms with Crippen molar-refractivity contribution in [2.45, 2.75) is 117 Å². The Labute approximate surface area is 255 Å². The van der Waals surface area contributed by atoms with E-state index in [1.807, 2.05) is 0 Å².